The van der Waals surface area contributed by atoms with E-state index < -0.39 is 12.2 Å². The van der Waals surface area contributed by atoms with E-state index in [0.717, 1.165) is 42.8 Å². The van der Waals surface area contributed by atoms with Gasteiger partial charge in [-0.25, -0.2) is 9.59 Å². The van der Waals surface area contributed by atoms with Gasteiger partial charge in [0.15, 0.2) is 6.10 Å². The fourth-order valence-corrected chi connectivity index (χ4v) is 7.64. The van der Waals surface area contributed by atoms with Gasteiger partial charge in [0.25, 0.3) is 5.91 Å². The summed E-state index contributed by atoms with van der Waals surface area (Å²) in [4.78, 5) is 49.1. The highest BCUT2D eigenvalue weighted by atomic mass is 35.5. The van der Waals surface area contributed by atoms with Crippen molar-refractivity contribution in [3.8, 4) is 11.3 Å². The molecule has 0 spiro atoms. The summed E-state index contributed by atoms with van der Waals surface area (Å²) >= 11 is 12.4. The number of halogens is 2. The van der Waals surface area contributed by atoms with E-state index in [1.165, 1.54) is 12.8 Å². The van der Waals surface area contributed by atoms with Gasteiger partial charge >= 0.3 is 11.8 Å². The second-order valence-electron chi connectivity index (χ2n) is 13.1. The summed E-state index contributed by atoms with van der Waals surface area (Å²) in [6.07, 6.45) is 6.21. The molecular formula is C35H43Cl2N5O4. The van der Waals surface area contributed by atoms with Crippen LogP contribution in [0.5, 0.6) is 0 Å². The Morgan fingerprint density at radius 1 is 0.848 bits per heavy atom. The summed E-state index contributed by atoms with van der Waals surface area (Å²) in [7, 11) is 2.18. The molecule has 0 bridgehead atoms. The Kier molecular flexibility index (Phi) is 10.4. The van der Waals surface area contributed by atoms with Crippen LogP contribution >= 0.6 is 23.2 Å². The Morgan fingerprint density at radius 3 is 2.13 bits per heavy atom. The van der Waals surface area contributed by atoms with Crippen molar-refractivity contribution in [2.24, 2.45) is 11.8 Å². The predicted molar refractivity (Wildman–Crippen MR) is 180 cm³/mol. The number of aromatic amines is 1. The molecule has 3 aliphatic heterocycles. The van der Waals surface area contributed by atoms with Crippen LogP contribution in [-0.4, -0.2) is 88.7 Å². The van der Waals surface area contributed by atoms with E-state index in [-0.39, 0.29) is 24.1 Å². The van der Waals surface area contributed by atoms with Gasteiger partial charge in [-0.2, -0.15) is 0 Å². The van der Waals surface area contributed by atoms with E-state index in [1.807, 2.05) is 47.5 Å². The average molecular weight is 669 g/mol. The second-order valence-corrected chi connectivity index (χ2v) is 13.9. The summed E-state index contributed by atoms with van der Waals surface area (Å²) in [5.41, 5.74) is 2.34. The third-order valence-electron chi connectivity index (χ3n) is 10.1. The first-order valence-electron chi connectivity index (χ1n) is 16.5. The van der Waals surface area contributed by atoms with Crippen molar-refractivity contribution in [3.63, 3.8) is 0 Å². The van der Waals surface area contributed by atoms with Crippen molar-refractivity contribution in [2.45, 2.75) is 57.1 Å². The number of likely N-dealkylation sites (tertiary alicyclic amines) is 3. The van der Waals surface area contributed by atoms with E-state index in [1.54, 1.807) is 21.6 Å². The number of carbonyl (C=O) groups is 2. The summed E-state index contributed by atoms with van der Waals surface area (Å²) in [6.45, 7) is 4.48. The van der Waals surface area contributed by atoms with Crippen LogP contribution in [0.3, 0.4) is 0 Å². The Labute approximate surface area is 280 Å². The number of ether oxygens (including phenoxy) is 1. The molecule has 4 heterocycles. The number of aromatic nitrogens is 2. The molecule has 3 aromatic rings. The molecule has 1 N–H and O–H groups in total. The number of piperidine rings is 3. The van der Waals surface area contributed by atoms with Crippen molar-refractivity contribution in [3.05, 3.63) is 80.8 Å². The zero-order valence-corrected chi connectivity index (χ0v) is 27.9. The van der Waals surface area contributed by atoms with Gasteiger partial charge in [0, 0.05) is 44.8 Å². The zero-order chi connectivity index (χ0) is 32.2. The molecule has 46 heavy (non-hydrogen) atoms. The predicted octanol–water partition coefficient (Wildman–Crippen LogP) is 6.12. The molecule has 3 saturated heterocycles. The molecule has 0 radical (unpaired) electrons. The van der Waals surface area contributed by atoms with E-state index in [4.69, 9.17) is 27.9 Å². The summed E-state index contributed by atoms with van der Waals surface area (Å²) in [5, 5.41) is 0.828. The van der Waals surface area contributed by atoms with E-state index >= 15 is 0 Å². The molecule has 246 valence electrons. The van der Waals surface area contributed by atoms with Crippen molar-refractivity contribution in [1.29, 1.82) is 0 Å². The Hall–Kier alpha value is -3.27. The maximum atomic E-state index is 13.9. The molecule has 2 amide bonds. The normalized spacial score (nSPS) is 19.7. The number of hydrogen-bond acceptors (Lipinski definition) is 5. The first-order valence-corrected chi connectivity index (χ1v) is 17.2. The Bertz CT molecular complexity index is 1550. The Morgan fingerprint density at radius 2 is 1.48 bits per heavy atom. The van der Waals surface area contributed by atoms with Crippen LogP contribution in [0, 0.1) is 11.8 Å². The van der Waals surface area contributed by atoms with Crippen LogP contribution in [-0.2, 0) is 16.0 Å². The number of rotatable bonds is 7. The first-order chi connectivity index (χ1) is 22.2. The third-order valence-corrected chi connectivity index (χ3v) is 10.9. The highest BCUT2D eigenvalue weighted by Crippen LogP contribution is 2.33. The average Bonchev–Trinajstić information content (AvgIpc) is 3.48. The summed E-state index contributed by atoms with van der Waals surface area (Å²) in [5.74, 6) is 1.18. The number of amides is 2. The molecular weight excluding hydrogens is 625 g/mol. The van der Waals surface area contributed by atoms with Crippen LogP contribution in [0.1, 0.15) is 50.1 Å². The largest absolute Gasteiger partial charge is 0.436 e. The van der Waals surface area contributed by atoms with Gasteiger partial charge in [0.05, 0.1) is 15.7 Å². The molecule has 1 atom stereocenters. The van der Waals surface area contributed by atoms with E-state index in [0.29, 0.717) is 60.9 Å². The molecule has 2 aromatic carbocycles. The van der Waals surface area contributed by atoms with Gasteiger partial charge in [0.2, 0.25) is 0 Å². The molecule has 1 aromatic heterocycles. The standard InChI is InChI=1S/C35H43Cl2N5O4/c1-39-15-9-25(10-16-39)26-11-17-40(18-12-26)33(43)32(22-24-7-8-29(36)30(37)21-24)46-35(45)41-19-13-28(14-20-41)42-23-31(38-34(42)44)27-5-3-2-4-6-27/h2-8,21,23,25-26,28,32H,9-20,22H2,1H3,(H,38,44)/t32-/m1/s1. The molecule has 9 nitrogen and oxygen atoms in total. The maximum absolute atomic E-state index is 13.9. The molecule has 0 unspecified atom stereocenters. The van der Waals surface area contributed by atoms with Crippen LogP contribution in [0.15, 0.2) is 59.5 Å². The lowest BCUT2D eigenvalue weighted by molar-refractivity contribution is -0.142. The number of imidazole rings is 1. The number of nitrogens with one attached hydrogen (secondary N) is 1. The highest BCUT2D eigenvalue weighted by Gasteiger charge is 2.35. The number of carbonyl (C=O) groups excluding carboxylic acids is 2. The van der Waals surface area contributed by atoms with Crippen LogP contribution < -0.4 is 5.69 Å². The number of hydrogen-bond donors (Lipinski definition) is 1. The Balaban J connectivity index is 1.09. The lowest BCUT2D eigenvalue weighted by atomic mass is 9.79. The van der Waals surface area contributed by atoms with Gasteiger partial charge in [-0.05, 0) is 93.8 Å². The number of benzene rings is 2. The third kappa shape index (κ3) is 7.64. The zero-order valence-electron chi connectivity index (χ0n) is 26.4. The number of nitrogens with zero attached hydrogens (tertiary/aromatic N) is 4. The molecule has 3 aliphatic rings. The van der Waals surface area contributed by atoms with Crippen molar-refractivity contribution >= 4 is 35.2 Å². The van der Waals surface area contributed by atoms with Crippen molar-refractivity contribution < 1.29 is 14.3 Å². The molecule has 11 heteroatoms. The molecule has 0 aliphatic carbocycles. The smallest absolute Gasteiger partial charge is 0.410 e. The monoisotopic (exact) mass is 667 g/mol. The lowest BCUT2D eigenvalue weighted by Crippen LogP contribution is -2.49. The first kappa shape index (κ1) is 32.7. The van der Waals surface area contributed by atoms with Gasteiger partial charge in [-0.15, -0.1) is 0 Å². The summed E-state index contributed by atoms with van der Waals surface area (Å²) < 4.78 is 7.73. The fraction of sp³-hybridized carbons (Fsp3) is 0.514. The van der Waals surface area contributed by atoms with E-state index in [9.17, 15) is 14.4 Å². The van der Waals surface area contributed by atoms with Crippen molar-refractivity contribution in [2.75, 3.05) is 46.3 Å². The van der Waals surface area contributed by atoms with Gasteiger partial charge in [-0.1, -0.05) is 59.6 Å². The second kappa shape index (κ2) is 14.7. The quantitative estimate of drug-likeness (QED) is 0.328. The van der Waals surface area contributed by atoms with Crippen molar-refractivity contribution in [1.82, 2.24) is 24.3 Å². The van der Waals surface area contributed by atoms with Crippen LogP contribution in [0.2, 0.25) is 10.0 Å². The number of H-pyrrole nitrogens is 1. The SMILES string of the molecule is CN1CCC(C2CCN(C(=O)[C@@H](Cc3ccc(Cl)c(Cl)c3)OC(=O)N3CCC(n4cc(-c5ccccc5)[nH]c4=O)CC3)CC2)CC1. The molecule has 6 rings (SSSR count). The van der Waals surface area contributed by atoms with Gasteiger partial charge in [-0.3, -0.25) is 9.36 Å². The topological polar surface area (TPSA) is 90.9 Å². The molecule has 3 fully saturated rings. The minimum absolute atomic E-state index is 0.0373. The van der Waals surface area contributed by atoms with Crippen LogP contribution in [0.25, 0.3) is 11.3 Å². The highest BCUT2D eigenvalue weighted by molar-refractivity contribution is 6.42. The maximum Gasteiger partial charge on any atom is 0.410 e. The minimum Gasteiger partial charge on any atom is -0.436 e. The van der Waals surface area contributed by atoms with Gasteiger partial charge < -0.3 is 24.4 Å². The van der Waals surface area contributed by atoms with Crippen LogP contribution in [0.4, 0.5) is 4.79 Å². The lowest BCUT2D eigenvalue weighted by Gasteiger charge is -2.40. The van der Waals surface area contributed by atoms with Gasteiger partial charge in [0.1, 0.15) is 0 Å². The minimum atomic E-state index is -0.969. The summed E-state index contributed by atoms with van der Waals surface area (Å²) in [6, 6.07) is 14.9. The fourth-order valence-electron chi connectivity index (χ4n) is 7.32. The molecule has 0 saturated carbocycles. The van der Waals surface area contributed by atoms with E-state index in [2.05, 4.69) is 16.9 Å².